The number of hydrogen-bond donors (Lipinski definition) is 2. The van der Waals surface area contributed by atoms with Gasteiger partial charge in [-0.05, 0) is 58.2 Å². The van der Waals surface area contributed by atoms with E-state index < -0.39 is 17.3 Å². The first kappa shape index (κ1) is 19.8. The van der Waals surface area contributed by atoms with Crippen LogP contribution in [0.2, 0.25) is 0 Å². The van der Waals surface area contributed by atoms with Gasteiger partial charge in [-0.2, -0.15) is 13.2 Å². The summed E-state index contributed by atoms with van der Waals surface area (Å²) in [6, 6.07) is 6.53. The Labute approximate surface area is 167 Å². The number of hydrogen-bond acceptors (Lipinski definition) is 4. The lowest BCUT2D eigenvalue weighted by Crippen LogP contribution is -2.47. The highest BCUT2D eigenvalue weighted by atomic mass is 19.4. The summed E-state index contributed by atoms with van der Waals surface area (Å²) in [5.41, 5.74) is 0.316. The maximum absolute atomic E-state index is 12.8. The maximum atomic E-state index is 12.8. The Kier molecular flexibility index (Phi) is 4.45. The first-order valence-corrected chi connectivity index (χ1v) is 9.61. The molecule has 2 saturated heterocycles. The number of aromatic nitrogens is 2. The minimum Gasteiger partial charge on any atom is -0.350 e. The molecule has 1 aromatic carbocycles. The van der Waals surface area contributed by atoms with Gasteiger partial charge < -0.3 is 5.32 Å². The van der Waals surface area contributed by atoms with Gasteiger partial charge in [-0.15, -0.1) is 0 Å². The Morgan fingerprint density at radius 1 is 1.14 bits per heavy atom. The SMILES string of the molecule is Cc1cc(-c2ccc(C(F)(F)F)cc2)nc([C@H]2CC[C@]3(CC(C)(C)NC3=O)N2)n1. The summed E-state index contributed by atoms with van der Waals surface area (Å²) in [5.74, 6) is 0.565. The van der Waals surface area contributed by atoms with Crippen molar-refractivity contribution < 1.29 is 18.0 Å². The van der Waals surface area contributed by atoms with E-state index in [4.69, 9.17) is 0 Å². The van der Waals surface area contributed by atoms with Gasteiger partial charge in [0.25, 0.3) is 0 Å². The molecule has 2 atom stereocenters. The van der Waals surface area contributed by atoms with Crippen LogP contribution in [0.15, 0.2) is 30.3 Å². The normalized spacial score (nSPS) is 26.1. The van der Waals surface area contributed by atoms with Crippen molar-refractivity contribution in [3.8, 4) is 11.3 Å². The zero-order chi connectivity index (χ0) is 21.0. The number of nitrogens with one attached hydrogen (secondary N) is 2. The van der Waals surface area contributed by atoms with Crippen LogP contribution in [0, 0.1) is 6.92 Å². The van der Waals surface area contributed by atoms with E-state index >= 15 is 0 Å². The molecule has 2 fully saturated rings. The minimum absolute atomic E-state index is 0.000570. The van der Waals surface area contributed by atoms with Crippen LogP contribution in [0.25, 0.3) is 11.3 Å². The molecule has 29 heavy (non-hydrogen) atoms. The fraction of sp³-hybridized carbons (Fsp3) is 0.476. The Bertz CT molecular complexity index is 955. The molecule has 2 aromatic rings. The third-order valence-corrected chi connectivity index (χ3v) is 5.63. The van der Waals surface area contributed by atoms with Crippen LogP contribution in [-0.4, -0.2) is 27.0 Å². The summed E-state index contributed by atoms with van der Waals surface area (Å²) >= 11 is 0. The standard InChI is InChI=1S/C21H23F3N4O/c1-12-10-16(13-4-6-14(7-5-13)21(22,23)24)26-17(25-12)15-8-9-20(27-15)11-19(2,3)28-18(20)29/h4-7,10,15,27H,8-9,11H2,1-3H3,(H,28,29)/t15-,20-/m1/s1. The molecule has 0 bridgehead atoms. The summed E-state index contributed by atoms with van der Waals surface area (Å²) < 4.78 is 38.5. The Morgan fingerprint density at radius 3 is 2.41 bits per heavy atom. The van der Waals surface area contributed by atoms with E-state index in [0.717, 1.165) is 24.2 Å². The minimum atomic E-state index is -4.37. The van der Waals surface area contributed by atoms with E-state index in [1.807, 2.05) is 20.8 Å². The number of rotatable bonds is 2. The van der Waals surface area contributed by atoms with Gasteiger partial charge in [0.1, 0.15) is 11.4 Å². The van der Waals surface area contributed by atoms with Crippen LogP contribution in [0.1, 0.15) is 56.2 Å². The van der Waals surface area contributed by atoms with Gasteiger partial charge in [0.15, 0.2) is 0 Å². The molecule has 0 saturated carbocycles. The summed E-state index contributed by atoms with van der Waals surface area (Å²) in [5, 5.41) is 6.47. The van der Waals surface area contributed by atoms with Crippen LogP contribution in [-0.2, 0) is 11.0 Å². The van der Waals surface area contributed by atoms with Crippen molar-refractivity contribution in [2.24, 2.45) is 0 Å². The van der Waals surface area contributed by atoms with E-state index in [-0.39, 0.29) is 17.5 Å². The molecular formula is C21H23F3N4O. The molecule has 8 heteroatoms. The zero-order valence-electron chi connectivity index (χ0n) is 16.5. The summed E-state index contributed by atoms with van der Waals surface area (Å²) in [4.78, 5) is 21.7. The number of benzene rings is 1. The molecule has 0 aliphatic carbocycles. The van der Waals surface area contributed by atoms with Crippen molar-refractivity contribution in [1.29, 1.82) is 0 Å². The third kappa shape index (κ3) is 3.73. The summed E-state index contributed by atoms with van der Waals surface area (Å²) in [6.07, 6.45) is -2.27. The Hall–Kier alpha value is -2.48. The van der Waals surface area contributed by atoms with E-state index in [2.05, 4.69) is 20.6 Å². The number of alkyl halides is 3. The Morgan fingerprint density at radius 2 is 1.83 bits per heavy atom. The molecule has 1 spiro atoms. The lowest BCUT2D eigenvalue weighted by molar-refractivity contribution is -0.137. The molecule has 3 heterocycles. The average molecular weight is 404 g/mol. The second kappa shape index (κ2) is 6.52. The quantitative estimate of drug-likeness (QED) is 0.796. The van der Waals surface area contributed by atoms with E-state index in [1.165, 1.54) is 12.1 Å². The Balaban J connectivity index is 1.61. The van der Waals surface area contributed by atoms with Gasteiger partial charge in [-0.25, -0.2) is 9.97 Å². The first-order valence-electron chi connectivity index (χ1n) is 9.61. The fourth-order valence-electron chi connectivity index (χ4n) is 4.41. The predicted molar refractivity (Wildman–Crippen MR) is 102 cm³/mol. The number of amides is 1. The third-order valence-electron chi connectivity index (χ3n) is 5.63. The van der Waals surface area contributed by atoms with Crippen LogP contribution in [0.5, 0.6) is 0 Å². The van der Waals surface area contributed by atoms with Crippen LogP contribution in [0.3, 0.4) is 0 Å². The molecule has 154 valence electrons. The van der Waals surface area contributed by atoms with Gasteiger partial charge in [0.2, 0.25) is 5.91 Å². The molecule has 0 radical (unpaired) electrons. The lowest BCUT2D eigenvalue weighted by atomic mass is 9.88. The largest absolute Gasteiger partial charge is 0.416 e. The van der Waals surface area contributed by atoms with Crippen LogP contribution in [0.4, 0.5) is 13.2 Å². The number of nitrogens with zero attached hydrogens (tertiary/aromatic N) is 2. The van der Waals surface area contributed by atoms with E-state index in [1.54, 1.807) is 6.07 Å². The molecule has 4 rings (SSSR count). The summed E-state index contributed by atoms with van der Waals surface area (Å²) in [7, 11) is 0. The second-order valence-electron chi connectivity index (χ2n) is 8.66. The summed E-state index contributed by atoms with van der Waals surface area (Å²) in [6.45, 7) is 5.83. The van der Waals surface area contributed by atoms with Gasteiger partial charge in [0, 0.05) is 16.8 Å². The molecule has 1 aromatic heterocycles. The lowest BCUT2D eigenvalue weighted by Gasteiger charge is -2.23. The molecule has 2 aliphatic heterocycles. The van der Waals surface area contributed by atoms with Gasteiger partial charge in [-0.3, -0.25) is 10.1 Å². The van der Waals surface area contributed by atoms with Crippen LogP contribution >= 0.6 is 0 Å². The molecule has 0 unspecified atom stereocenters. The number of carbonyl (C=O) groups is 1. The van der Waals surface area contributed by atoms with Crippen LogP contribution < -0.4 is 10.6 Å². The zero-order valence-corrected chi connectivity index (χ0v) is 16.5. The monoisotopic (exact) mass is 404 g/mol. The molecule has 2 aliphatic rings. The van der Waals surface area contributed by atoms with Gasteiger partial charge in [0.05, 0.1) is 17.3 Å². The highest BCUT2D eigenvalue weighted by Crippen LogP contribution is 2.41. The second-order valence-corrected chi connectivity index (χ2v) is 8.66. The van der Waals surface area contributed by atoms with Crippen molar-refractivity contribution in [3.63, 3.8) is 0 Å². The highest BCUT2D eigenvalue weighted by molar-refractivity contribution is 5.90. The van der Waals surface area contributed by atoms with Crippen molar-refractivity contribution in [2.75, 3.05) is 0 Å². The fourth-order valence-corrected chi connectivity index (χ4v) is 4.41. The molecule has 2 N–H and O–H groups in total. The molecule has 5 nitrogen and oxygen atoms in total. The number of carbonyl (C=O) groups excluding carboxylic acids is 1. The van der Waals surface area contributed by atoms with E-state index in [0.29, 0.717) is 29.9 Å². The number of aryl methyl sites for hydroxylation is 1. The molecule has 1 amide bonds. The van der Waals surface area contributed by atoms with Crippen molar-refractivity contribution >= 4 is 5.91 Å². The van der Waals surface area contributed by atoms with Gasteiger partial charge >= 0.3 is 6.18 Å². The average Bonchev–Trinajstić information content (AvgIpc) is 3.14. The van der Waals surface area contributed by atoms with Crippen molar-refractivity contribution in [2.45, 2.75) is 63.3 Å². The number of halogens is 3. The first-order chi connectivity index (χ1) is 13.5. The van der Waals surface area contributed by atoms with E-state index in [9.17, 15) is 18.0 Å². The topological polar surface area (TPSA) is 66.9 Å². The van der Waals surface area contributed by atoms with Crippen molar-refractivity contribution in [3.05, 3.63) is 47.4 Å². The predicted octanol–water partition coefficient (Wildman–Crippen LogP) is 3.93. The van der Waals surface area contributed by atoms with Gasteiger partial charge in [-0.1, -0.05) is 12.1 Å². The van der Waals surface area contributed by atoms with Crippen molar-refractivity contribution in [1.82, 2.24) is 20.6 Å². The molecular weight excluding hydrogens is 381 g/mol. The maximum Gasteiger partial charge on any atom is 0.416 e. The smallest absolute Gasteiger partial charge is 0.350 e. The highest BCUT2D eigenvalue weighted by Gasteiger charge is 2.54.